The highest BCUT2D eigenvalue weighted by molar-refractivity contribution is 7.99. The summed E-state index contributed by atoms with van der Waals surface area (Å²) < 4.78 is 37.7. The number of aromatic nitrogens is 1. The molecule has 0 aliphatic carbocycles. The number of benzene rings is 1. The van der Waals surface area contributed by atoms with Gasteiger partial charge in [0.1, 0.15) is 5.03 Å². The van der Waals surface area contributed by atoms with Gasteiger partial charge in [0.05, 0.1) is 6.54 Å². The minimum atomic E-state index is -4.21. The molecule has 27 heavy (non-hydrogen) atoms. The Morgan fingerprint density at radius 2 is 1.81 bits per heavy atom. The predicted octanol–water partition coefficient (Wildman–Crippen LogP) is 3.94. The van der Waals surface area contributed by atoms with E-state index in [9.17, 15) is 18.0 Å². The van der Waals surface area contributed by atoms with Crippen LogP contribution >= 0.6 is 11.8 Å². The topological polar surface area (TPSA) is 36.4 Å². The first-order chi connectivity index (χ1) is 12.9. The van der Waals surface area contributed by atoms with Crippen molar-refractivity contribution in [2.45, 2.75) is 22.5 Å². The van der Waals surface area contributed by atoms with E-state index < -0.39 is 12.7 Å². The van der Waals surface area contributed by atoms with Crippen LogP contribution in [0, 0.1) is 0 Å². The van der Waals surface area contributed by atoms with Gasteiger partial charge in [-0.05, 0) is 42.8 Å². The monoisotopic (exact) mass is 395 g/mol. The molecule has 3 rings (SSSR count). The Morgan fingerprint density at radius 3 is 2.48 bits per heavy atom. The second-order valence-corrected chi connectivity index (χ2v) is 7.43. The van der Waals surface area contributed by atoms with Gasteiger partial charge in [0, 0.05) is 42.8 Å². The highest BCUT2D eigenvalue weighted by Crippen LogP contribution is 2.26. The zero-order valence-corrected chi connectivity index (χ0v) is 15.5. The van der Waals surface area contributed by atoms with Crippen molar-refractivity contribution in [3.8, 4) is 0 Å². The number of carbonyl (C=O) groups excluding carboxylic acids is 1. The fourth-order valence-corrected chi connectivity index (χ4v) is 3.74. The SMILES string of the molecule is O=C(c1ccc(Sc2ccccn2)cc1)N1CCCN(CC(F)(F)F)CC1. The first-order valence-corrected chi connectivity index (χ1v) is 9.50. The molecule has 0 spiro atoms. The highest BCUT2D eigenvalue weighted by Gasteiger charge is 2.31. The summed E-state index contributed by atoms with van der Waals surface area (Å²) in [7, 11) is 0. The highest BCUT2D eigenvalue weighted by atomic mass is 32.2. The molecule has 1 aliphatic rings. The number of pyridine rings is 1. The molecule has 2 heterocycles. The van der Waals surface area contributed by atoms with E-state index in [4.69, 9.17) is 0 Å². The van der Waals surface area contributed by atoms with E-state index in [0.717, 1.165) is 9.92 Å². The van der Waals surface area contributed by atoms with Crippen LogP contribution in [0.15, 0.2) is 58.6 Å². The van der Waals surface area contributed by atoms with E-state index in [-0.39, 0.29) is 12.5 Å². The van der Waals surface area contributed by atoms with Gasteiger partial charge in [0.2, 0.25) is 0 Å². The molecule has 1 aromatic heterocycles. The molecule has 1 aromatic carbocycles. The van der Waals surface area contributed by atoms with Gasteiger partial charge < -0.3 is 4.90 Å². The maximum atomic E-state index is 12.7. The molecule has 1 aliphatic heterocycles. The molecule has 8 heteroatoms. The number of alkyl halides is 3. The lowest BCUT2D eigenvalue weighted by atomic mass is 10.2. The fourth-order valence-electron chi connectivity index (χ4n) is 2.96. The Bertz CT molecular complexity index is 753. The van der Waals surface area contributed by atoms with Crippen LogP contribution in [-0.2, 0) is 0 Å². The first kappa shape index (κ1) is 19.7. The predicted molar refractivity (Wildman–Crippen MR) is 97.8 cm³/mol. The van der Waals surface area contributed by atoms with Crippen LogP contribution in [0.3, 0.4) is 0 Å². The van der Waals surface area contributed by atoms with Gasteiger partial charge in [0.25, 0.3) is 5.91 Å². The van der Waals surface area contributed by atoms with E-state index in [0.29, 0.717) is 31.6 Å². The summed E-state index contributed by atoms with van der Waals surface area (Å²) in [5, 5.41) is 0.869. The Labute approximate surface area is 160 Å². The standard InChI is InChI=1S/C19H20F3N3OS/c20-19(21,22)14-24-10-3-11-25(13-12-24)18(26)15-5-7-16(8-6-15)27-17-4-1-2-9-23-17/h1-2,4-9H,3,10-14H2. The van der Waals surface area contributed by atoms with E-state index in [1.165, 1.54) is 16.7 Å². The number of hydrogen-bond acceptors (Lipinski definition) is 4. The molecule has 0 atom stereocenters. The van der Waals surface area contributed by atoms with Gasteiger partial charge in [-0.2, -0.15) is 13.2 Å². The Balaban J connectivity index is 1.59. The fraction of sp³-hybridized carbons (Fsp3) is 0.368. The van der Waals surface area contributed by atoms with Gasteiger partial charge >= 0.3 is 6.18 Å². The molecule has 2 aromatic rings. The van der Waals surface area contributed by atoms with Crippen molar-refractivity contribution in [2.75, 3.05) is 32.7 Å². The number of amides is 1. The Kier molecular flexibility index (Phi) is 6.38. The van der Waals surface area contributed by atoms with E-state index >= 15 is 0 Å². The summed E-state index contributed by atoms with van der Waals surface area (Å²) in [5.41, 5.74) is 0.546. The third kappa shape index (κ3) is 5.97. The van der Waals surface area contributed by atoms with E-state index in [2.05, 4.69) is 4.98 Å². The van der Waals surface area contributed by atoms with Gasteiger partial charge in [-0.1, -0.05) is 17.8 Å². The maximum Gasteiger partial charge on any atom is 0.401 e. The van der Waals surface area contributed by atoms with Crippen LogP contribution in [0.1, 0.15) is 16.8 Å². The minimum absolute atomic E-state index is 0.141. The average molecular weight is 395 g/mol. The summed E-state index contributed by atoms with van der Waals surface area (Å²) in [6.07, 6.45) is -1.95. The molecular weight excluding hydrogens is 375 g/mol. The van der Waals surface area contributed by atoms with Crippen molar-refractivity contribution in [3.63, 3.8) is 0 Å². The smallest absolute Gasteiger partial charge is 0.337 e. The Hall–Kier alpha value is -2.06. The molecule has 144 valence electrons. The molecule has 0 saturated carbocycles. The molecule has 1 saturated heterocycles. The van der Waals surface area contributed by atoms with Crippen molar-refractivity contribution in [1.82, 2.24) is 14.8 Å². The summed E-state index contributed by atoms with van der Waals surface area (Å²) >= 11 is 1.50. The van der Waals surface area contributed by atoms with Crippen LogP contribution in [0.2, 0.25) is 0 Å². The number of nitrogens with zero attached hydrogens (tertiary/aromatic N) is 3. The number of halogens is 3. The largest absolute Gasteiger partial charge is 0.401 e. The molecule has 4 nitrogen and oxygen atoms in total. The third-order valence-electron chi connectivity index (χ3n) is 4.24. The minimum Gasteiger partial charge on any atom is -0.337 e. The molecule has 1 fully saturated rings. The Morgan fingerprint density at radius 1 is 1.04 bits per heavy atom. The molecule has 0 unspecified atom stereocenters. The lowest BCUT2D eigenvalue weighted by Crippen LogP contribution is -2.38. The molecule has 0 bridgehead atoms. The number of rotatable bonds is 4. The summed E-state index contributed by atoms with van der Waals surface area (Å²) in [6, 6.07) is 12.9. The van der Waals surface area contributed by atoms with Crippen molar-refractivity contribution in [1.29, 1.82) is 0 Å². The number of hydrogen-bond donors (Lipinski definition) is 0. The first-order valence-electron chi connectivity index (χ1n) is 8.68. The van der Waals surface area contributed by atoms with Gasteiger partial charge in [0.15, 0.2) is 0 Å². The lowest BCUT2D eigenvalue weighted by molar-refractivity contribution is -0.145. The summed E-state index contributed by atoms with van der Waals surface area (Å²) in [6.45, 7) is 0.438. The van der Waals surface area contributed by atoms with Crippen LogP contribution in [0.5, 0.6) is 0 Å². The average Bonchev–Trinajstić information content (AvgIpc) is 2.87. The zero-order valence-electron chi connectivity index (χ0n) is 14.7. The second-order valence-electron chi connectivity index (χ2n) is 6.33. The van der Waals surface area contributed by atoms with Crippen molar-refractivity contribution >= 4 is 17.7 Å². The molecule has 1 amide bonds. The van der Waals surface area contributed by atoms with Crippen LogP contribution in [0.4, 0.5) is 13.2 Å². The van der Waals surface area contributed by atoms with Crippen LogP contribution in [-0.4, -0.2) is 59.6 Å². The second kappa shape index (κ2) is 8.75. The van der Waals surface area contributed by atoms with E-state index in [1.54, 1.807) is 23.2 Å². The van der Waals surface area contributed by atoms with Gasteiger partial charge in [-0.15, -0.1) is 0 Å². The van der Waals surface area contributed by atoms with Crippen molar-refractivity contribution in [3.05, 3.63) is 54.2 Å². The molecule has 0 N–H and O–H groups in total. The lowest BCUT2D eigenvalue weighted by Gasteiger charge is -2.23. The summed E-state index contributed by atoms with van der Waals surface area (Å²) in [5.74, 6) is -0.141. The van der Waals surface area contributed by atoms with E-state index in [1.807, 2.05) is 30.3 Å². The maximum absolute atomic E-state index is 12.7. The zero-order chi connectivity index (χ0) is 19.3. The normalized spacial score (nSPS) is 16.2. The van der Waals surface area contributed by atoms with Gasteiger partial charge in [-0.3, -0.25) is 9.69 Å². The number of carbonyl (C=O) groups is 1. The van der Waals surface area contributed by atoms with Gasteiger partial charge in [-0.25, -0.2) is 4.98 Å². The quantitative estimate of drug-likeness (QED) is 0.786. The van der Waals surface area contributed by atoms with Crippen molar-refractivity contribution in [2.24, 2.45) is 0 Å². The van der Waals surface area contributed by atoms with Crippen LogP contribution < -0.4 is 0 Å². The van der Waals surface area contributed by atoms with Crippen molar-refractivity contribution < 1.29 is 18.0 Å². The third-order valence-corrected chi connectivity index (χ3v) is 5.20. The summed E-state index contributed by atoms with van der Waals surface area (Å²) in [4.78, 5) is 20.9. The van der Waals surface area contributed by atoms with Crippen LogP contribution in [0.25, 0.3) is 0 Å². The molecule has 0 radical (unpaired) electrons. The molecular formula is C19H20F3N3OS.